The number of benzene rings is 2. The Kier molecular flexibility index (Phi) is 4.86. The Balaban J connectivity index is 1.85. The van der Waals surface area contributed by atoms with E-state index in [2.05, 4.69) is 66.5 Å². The molecule has 0 aliphatic carbocycles. The van der Waals surface area contributed by atoms with E-state index in [1.807, 2.05) is 11.8 Å². The Morgan fingerprint density at radius 3 is 2.22 bits per heavy atom. The van der Waals surface area contributed by atoms with Crippen LogP contribution in [-0.2, 0) is 0 Å². The number of nitrogens with zero attached hydrogens (tertiary/aromatic N) is 3. The molecule has 2 aromatic carbocycles. The molecule has 1 aliphatic rings. The molecule has 4 nitrogen and oxygen atoms in total. The van der Waals surface area contributed by atoms with Crippen LogP contribution in [0.15, 0.2) is 57.5 Å². The lowest BCUT2D eigenvalue weighted by molar-refractivity contribution is 0.266. The third-order valence-electron chi connectivity index (χ3n) is 4.20. The predicted octanol–water partition coefficient (Wildman–Crippen LogP) is 4.26. The topological polar surface area (TPSA) is 35.9 Å². The van der Waals surface area contributed by atoms with Gasteiger partial charge in [-0.2, -0.15) is 0 Å². The van der Waals surface area contributed by atoms with E-state index in [1.54, 1.807) is 5.01 Å². The van der Waals surface area contributed by atoms with Gasteiger partial charge in [0.1, 0.15) is 0 Å². The lowest BCUT2D eigenvalue weighted by Gasteiger charge is -2.34. The highest BCUT2D eigenvalue weighted by Gasteiger charge is 2.19. The summed E-state index contributed by atoms with van der Waals surface area (Å²) in [4.78, 5) is 15.6. The summed E-state index contributed by atoms with van der Waals surface area (Å²) in [5, 5.41) is 4.64. The van der Waals surface area contributed by atoms with Gasteiger partial charge in [0.15, 0.2) is 0 Å². The molecule has 0 unspecified atom stereocenters. The molecule has 0 amide bonds. The van der Waals surface area contributed by atoms with E-state index in [9.17, 15) is 4.91 Å². The lowest BCUT2D eigenvalue weighted by Crippen LogP contribution is -2.44. The second kappa shape index (κ2) is 7.04. The lowest BCUT2D eigenvalue weighted by atomic mass is 10.2. The summed E-state index contributed by atoms with van der Waals surface area (Å²) in [5.41, 5.74) is 3.85. The number of piperazine rings is 1. The number of hydrogen-bond donors (Lipinski definition) is 0. The first kappa shape index (κ1) is 15.9. The summed E-state index contributed by atoms with van der Waals surface area (Å²) in [6.07, 6.45) is 0. The third-order valence-corrected chi connectivity index (χ3v) is 5.61. The molecule has 2 aromatic rings. The quantitative estimate of drug-likeness (QED) is 0.786. The van der Waals surface area contributed by atoms with Gasteiger partial charge in [0, 0.05) is 22.9 Å². The Morgan fingerprint density at radius 1 is 0.913 bits per heavy atom. The maximum atomic E-state index is 10.6. The van der Waals surface area contributed by atoms with Crippen molar-refractivity contribution in [3.05, 3.63) is 58.5 Å². The molecule has 1 saturated heterocycles. The highest BCUT2D eigenvalue weighted by Crippen LogP contribution is 2.38. The van der Waals surface area contributed by atoms with Gasteiger partial charge >= 0.3 is 0 Å². The minimum Gasteiger partial charge on any atom is -0.367 e. The fraction of sp³-hybridized carbons (Fsp3) is 0.333. The van der Waals surface area contributed by atoms with Gasteiger partial charge in [-0.1, -0.05) is 42.1 Å². The minimum absolute atomic E-state index is 0.686. The molecule has 0 bridgehead atoms. The molecule has 1 heterocycles. The van der Waals surface area contributed by atoms with Crippen LogP contribution < -0.4 is 4.90 Å². The number of hydrogen-bond acceptors (Lipinski definition) is 4. The first-order valence-electron chi connectivity index (χ1n) is 7.85. The summed E-state index contributed by atoms with van der Waals surface area (Å²) in [5.74, 6) is 0. The summed E-state index contributed by atoms with van der Waals surface area (Å²) in [7, 11) is 0. The van der Waals surface area contributed by atoms with Gasteiger partial charge in [-0.3, -0.25) is 5.01 Å². The molecule has 1 fully saturated rings. The van der Waals surface area contributed by atoms with Gasteiger partial charge in [-0.25, -0.2) is 0 Å². The molecule has 5 heteroatoms. The number of rotatable bonds is 4. The molecule has 0 saturated carbocycles. The molecule has 0 aromatic heterocycles. The number of para-hydroxylation sites is 1. The number of anilines is 1. The van der Waals surface area contributed by atoms with Crippen LogP contribution in [0.1, 0.15) is 11.1 Å². The zero-order valence-corrected chi connectivity index (χ0v) is 14.3. The van der Waals surface area contributed by atoms with Gasteiger partial charge in [0.25, 0.3) is 0 Å². The summed E-state index contributed by atoms with van der Waals surface area (Å²) in [6, 6.07) is 14.9. The van der Waals surface area contributed by atoms with Crippen molar-refractivity contribution in [1.82, 2.24) is 5.01 Å². The SMILES string of the molecule is Cc1cccc(C)c1Sc1ccccc1N1CCN(N=O)CC1. The second-order valence-corrected chi connectivity index (χ2v) is 6.87. The molecule has 120 valence electrons. The molecule has 3 rings (SSSR count). The second-order valence-electron chi connectivity index (χ2n) is 5.81. The predicted molar refractivity (Wildman–Crippen MR) is 96.1 cm³/mol. The molecular weight excluding hydrogens is 306 g/mol. The van der Waals surface area contributed by atoms with E-state index in [0.29, 0.717) is 13.1 Å². The van der Waals surface area contributed by atoms with Crippen LogP contribution in [0.4, 0.5) is 5.69 Å². The maximum absolute atomic E-state index is 10.6. The van der Waals surface area contributed by atoms with E-state index in [-0.39, 0.29) is 0 Å². The van der Waals surface area contributed by atoms with E-state index in [4.69, 9.17) is 0 Å². The van der Waals surface area contributed by atoms with Crippen LogP contribution in [0.3, 0.4) is 0 Å². The Bertz CT molecular complexity index is 676. The normalized spacial score (nSPS) is 14.9. The number of nitroso groups, excluding NO2 is 1. The van der Waals surface area contributed by atoms with E-state index in [0.717, 1.165) is 13.1 Å². The van der Waals surface area contributed by atoms with E-state index in [1.165, 1.54) is 26.6 Å². The molecule has 23 heavy (non-hydrogen) atoms. The van der Waals surface area contributed by atoms with E-state index >= 15 is 0 Å². The van der Waals surface area contributed by atoms with Crippen molar-refractivity contribution >= 4 is 17.4 Å². The molecule has 0 N–H and O–H groups in total. The van der Waals surface area contributed by atoms with Crippen LogP contribution in [-0.4, -0.2) is 31.2 Å². The van der Waals surface area contributed by atoms with Gasteiger partial charge in [-0.15, -0.1) is 4.91 Å². The zero-order chi connectivity index (χ0) is 16.2. The van der Waals surface area contributed by atoms with Crippen LogP contribution in [0.25, 0.3) is 0 Å². The van der Waals surface area contributed by atoms with Crippen molar-refractivity contribution in [3.63, 3.8) is 0 Å². The first-order chi connectivity index (χ1) is 11.2. The fourth-order valence-corrected chi connectivity index (χ4v) is 4.02. The zero-order valence-electron chi connectivity index (χ0n) is 13.5. The Hall–Kier alpha value is -2.01. The molecule has 1 aliphatic heterocycles. The van der Waals surface area contributed by atoms with Crippen molar-refractivity contribution in [1.29, 1.82) is 0 Å². The first-order valence-corrected chi connectivity index (χ1v) is 8.67. The highest BCUT2D eigenvalue weighted by molar-refractivity contribution is 7.99. The maximum Gasteiger partial charge on any atom is 0.0568 e. The summed E-state index contributed by atoms with van der Waals surface area (Å²) < 4.78 is 0. The average molecular weight is 327 g/mol. The highest BCUT2D eigenvalue weighted by atomic mass is 32.2. The van der Waals surface area contributed by atoms with Crippen LogP contribution >= 0.6 is 11.8 Å². The smallest absolute Gasteiger partial charge is 0.0568 e. The third kappa shape index (κ3) is 3.50. The summed E-state index contributed by atoms with van der Waals surface area (Å²) in [6.45, 7) is 7.35. The van der Waals surface area contributed by atoms with Gasteiger partial charge in [0.2, 0.25) is 0 Å². The molecule has 0 atom stereocenters. The Morgan fingerprint density at radius 2 is 1.57 bits per heavy atom. The van der Waals surface area contributed by atoms with E-state index < -0.39 is 0 Å². The molecule has 0 spiro atoms. The number of aryl methyl sites for hydroxylation is 2. The van der Waals surface area contributed by atoms with Crippen molar-refractivity contribution in [2.75, 3.05) is 31.1 Å². The monoisotopic (exact) mass is 327 g/mol. The van der Waals surface area contributed by atoms with Crippen LogP contribution in [0.5, 0.6) is 0 Å². The van der Waals surface area contributed by atoms with Crippen molar-refractivity contribution in [3.8, 4) is 0 Å². The standard InChI is InChI=1S/C18H21N3OS/c1-14-6-5-7-15(2)18(14)23-17-9-4-3-8-16(17)20-10-12-21(19-22)13-11-20/h3-9H,10-13H2,1-2H3. The average Bonchev–Trinajstić information content (AvgIpc) is 2.59. The van der Waals surface area contributed by atoms with Gasteiger partial charge < -0.3 is 4.90 Å². The van der Waals surface area contributed by atoms with Crippen LogP contribution in [0, 0.1) is 18.8 Å². The van der Waals surface area contributed by atoms with Crippen molar-refractivity contribution in [2.45, 2.75) is 23.6 Å². The van der Waals surface area contributed by atoms with Gasteiger partial charge in [-0.05, 0) is 37.1 Å². The Labute approximate surface area is 141 Å². The largest absolute Gasteiger partial charge is 0.367 e. The molecular formula is C18H21N3OS. The summed E-state index contributed by atoms with van der Waals surface area (Å²) >= 11 is 1.83. The minimum atomic E-state index is 0.686. The van der Waals surface area contributed by atoms with Crippen molar-refractivity contribution in [2.24, 2.45) is 5.29 Å². The van der Waals surface area contributed by atoms with Crippen molar-refractivity contribution < 1.29 is 0 Å². The fourth-order valence-electron chi connectivity index (χ4n) is 2.89. The molecule has 0 radical (unpaired) electrons. The van der Waals surface area contributed by atoms with Gasteiger partial charge in [0.05, 0.1) is 24.1 Å². The van der Waals surface area contributed by atoms with Crippen LogP contribution in [0.2, 0.25) is 0 Å².